The van der Waals surface area contributed by atoms with E-state index in [9.17, 15) is 9.59 Å². The van der Waals surface area contributed by atoms with E-state index in [1.165, 1.54) is 0 Å². The summed E-state index contributed by atoms with van der Waals surface area (Å²) in [5, 5.41) is 14.8. The molecule has 1 aliphatic heterocycles. The first-order valence-electron chi connectivity index (χ1n) is 5.87. The lowest BCUT2D eigenvalue weighted by molar-refractivity contribution is -0.143. The van der Waals surface area contributed by atoms with Crippen LogP contribution in [-0.2, 0) is 9.59 Å². The Hall–Kier alpha value is -1.10. The van der Waals surface area contributed by atoms with E-state index in [-0.39, 0.29) is 5.91 Å². The lowest BCUT2D eigenvalue weighted by Gasteiger charge is -2.13. The van der Waals surface area contributed by atoms with Crippen LogP contribution in [0.1, 0.15) is 32.1 Å². The Bertz CT molecular complexity index is 294. The molecule has 0 aromatic carbocycles. The molecule has 0 radical (unpaired) electrons. The first kappa shape index (κ1) is 11.4. The molecule has 5 heteroatoms. The minimum atomic E-state index is -0.926. The van der Waals surface area contributed by atoms with E-state index < -0.39 is 11.5 Å². The van der Waals surface area contributed by atoms with Gasteiger partial charge in [0.2, 0.25) is 5.91 Å². The molecule has 0 aromatic rings. The van der Waals surface area contributed by atoms with Gasteiger partial charge in [0, 0.05) is 6.42 Å². The molecule has 0 spiro atoms. The van der Waals surface area contributed by atoms with Crippen LogP contribution >= 0.6 is 0 Å². The molecular weight excluding hydrogens is 208 g/mol. The van der Waals surface area contributed by atoms with E-state index in [1.54, 1.807) is 0 Å². The van der Waals surface area contributed by atoms with Gasteiger partial charge in [0.15, 0.2) is 0 Å². The quantitative estimate of drug-likeness (QED) is 0.621. The molecule has 0 bridgehead atoms. The second-order valence-electron chi connectivity index (χ2n) is 4.83. The molecule has 1 saturated heterocycles. The van der Waals surface area contributed by atoms with E-state index in [0.29, 0.717) is 25.2 Å². The number of hydrogen-bond donors (Lipinski definition) is 3. The number of carbonyl (C=O) groups is 2. The first-order chi connectivity index (χ1) is 7.62. The summed E-state index contributed by atoms with van der Waals surface area (Å²) >= 11 is 0. The predicted octanol–water partition coefficient (Wildman–Crippen LogP) is 0.109. The molecule has 1 unspecified atom stereocenters. The number of aliphatic carboxylic acids is 1. The highest BCUT2D eigenvalue weighted by Gasteiger charge is 2.51. The van der Waals surface area contributed by atoms with Gasteiger partial charge in [-0.2, -0.15) is 0 Å². The Labute approximate surface area is 94.6 Å². The van der Waals surface area contributed by atoms with Crippen molar-refractivity contribution < 1.29 is 14.7 Å². The highest BCUT2D eigenvalue weighted by molar-refractivity contribution is 5.89. The van der Waals surface area contributed by atoms with Gasteiger partial charge in [-0.05, 0) is 44.7 Å². The maximum Gasteiger partial charge on any atom is 0.329 e. The summed E-state index contributed by atoms with van der Waals surface area (Å²) in [6.07, 6.45) is 3.56. The second-order valence-corrected chi connectivity index (χ2v) is 4.83. The van der Waals surface area contributed by atoms with Crippen LogP contribution in [0.15, 0.2) is 0 Å². The van der Waals surface area contributed by atoms with E-state index in [1.807, 2.05) is 0 Å². The van der Waals surface area contributed by atoms with Crippen molar-refractivity contribution in [3.8, 4) is 0 Å². The molecule has 1 heterocycles. The summed E-state index contributed by atoms with van der Waals surface area (Å²) in [4.78, 5) is 22.4. The van der Waals surface area contributed by atoms with Gasteiger partial charge in [0.25, 0.3) is 0 Å². The molecule has 16 heavy (non-hydrogen) atoms. The lowest BCUT2D eigenvalue weighted by atomic mass is 10.0. The average Bonchev–Trinajstić information content (AvgIpc) is 2.84. The maximum absolute atomic E-state index is 11.6. The van der Waals surface area contributed by atoms with Crippen LogP contribution < -0.4 is 10.6 Å². The highest BCUT2D eigenvalue weighted by atomic mass is 16.4. The average molecular weight is 226 g/mol. The molecule has 90 valence electrons. The van der Waals surface area contributed by atoms with Gasteiger partial charge >= 0.3 is 5.97 Å². The van der Waals surface area contributed by atoms with Crippen LogP contribution in [0.2, 0.25) is 0 Å². The van der Waals surface area contributed by atoms with E-state index in [0.717, 1.165) is 25.9 Å². The standard InChI is InChI=1S/C11H18N2O3/c14-9(2-1-8-3-6-12-7-8)13-11(4-5-11)10(15)16/h8,12H,1-7H2,(H,13,14)(H,15,16). The summed E-state index contributed by atoms with van der Waals surface area (Å²) < 4.78 is 0. The van der Waals surface area contributed by atoms with Crippen LogP contribution in [0, 0.1) is 5.92 Å². The molecule has 2 aliphatic rings. The largest absolute Gasteiger partial charge is 0.480 e. The molecular formula is C11H18N2O3. The molecule has 2 fully saturated rings. The molecule has 1 atom stereocenters. The van der Waals surface area contributed by atoms with Gasteiger partial charge in [-0.3, -0.25) is 4.79 Å². The van der Waals surface area contributed by atoms with Gasteiger partial charge in [-0.25, -0.2) is 4.79 Å². The summed E-state index contributed by atoms with van der Waals surface area (Å²) in [6, 6.07) is 0. The second kappa shape index (κ2) is 4.41. The zero-order chi connectivity index (χ0) is 11.6. The molecule has 5 nitrogen and oxygen atoms in total. The van der Waals surface area contributed by atoms with Crippen molar-refractivity contribution in [1.29, 1.82) is 0 Å². The van der Waals surface area contributed by atoms with Gasteiger partial charge < -0.3 is 15.7 Å². The molecule has 0 aromatic heterocycles. The molecule has 3 N–H and O–H groups in total. The summed E-state index contributed by atoms with van der Waals surface area (Å²) in [5.41, 5.74) is -0.926. The zero-order valence-electron chi connectivity index (χ0n) is 9.29. The van der Waals surface area contributed by atoms with Crippen LogP contribution in [0.25, 0.3) is 0 Å². The van der Waals surface area contributed by atoms with Crippen molar-refractivity contribution in [1.82, 2.24) is 10.6 Å². The number of amides is 1. The van der Waals surface area contributed by atoms with Crippen molar-refractivity contribution in [3.63, 3.8) is 0 Å². The Balaban J connectivity index is 1.70. The molecule has 2 rings (SSSR count). The van der Waals surface area contributed by atoms with Crippen LogP contribution in [0.3, 0.4) is 0 Å². The first-order valence-corrected chi connectivity index (χ1v) is 5.87. The van der Waals surface area contributed by atoms with Crippen LogP contribution in [-0.4, -0.2) is 35.6 Å². The van der Waals surface area contributed by atoms with Crippen LogP contribution in [0.5, 0.6) is 0 Å². The predicted molar refractivity (Wildman–Crippen MR) is 58.0 cm³/mol. The fraction of sp³-hybridized carbons (Fsp3) is 0.818. The third-order valence-electron chi connectivity index (χ3n) is 3.48. The summed E-state index contributed by atoms with van der Waals surface area (Å²) in [7, 11) is 0. The van der Waals surface area contributed by atoms with Gasteiger partial charge in [0.05, 0.1) is 0 Å². The van der Waals surface area contributed by atoms with E-state index in [4.69, 9.17) is 5.11 Å². The Morgan fingerprint density at radius 1 is 1.44 bits per heavy atom. The van der Waals surface area contributed by atoms with Crippen molar-refractivity contribution in [2.75, 3.05) is 13.1 Å². The van der Waals surface area contributed by atoms with Gasteiger partial charge in [-0.15, -0.1) is 0 Å². The number of hydrogen-bond acceptors (Lipinski definition) is 3. The van der Waals surface area contributed by atoms with Crippen molar-refractivity contribution in [3.05, 3.63) is 0 Å². The maximum atomic E-state index is 11.6. The van der Waals surface area contributed by atoms with Crippen molar-refractivity contribution >= 4 is 11.9 Å². The van der Waals surface area contributed by atoms with Gasteiger partial charge in [-0.1, -0.05) is 0 Å². The fourth-order valence-corrected chi connectivity index (χ4v) is 2.14. The Morgan fingerprint density at radius 2 is 2.19 bits per heavy atom. The summed E-state index contributed by atoms with van der Waals surface area (Å²) in [6.45, 7) is 2.02. The Kier molecular flexibility index (Phi) is 3.14. The molecule has 1 saturated carbocycles. The number of carboxylic acid groups (broad SMARTS) is 1. The van der Waals surface area contributed by atoms with E-state index in [2.05, 4.69) is 10.6 Å². The SMILES string of the molecule is O=C(CCC1CCNC1)NC1(C(=O)O)CC1. The third kappa shape index (κ3) is 2.52. The number of rotatable bonds is 5. The zero-order valence-corrected chi connectivity index (χ0v) is 9.29. The van der Waals surface area contributed by atoms with Gasteiger partial charge in [0.1, 0.15) is 5.54 Å². The van der Waals surface area contributed by atoms with Crippen molar-refractivity contribution in [2.24, 2.45) is 5.92 Å². The smallest absolute Gasteiger partial charge is 0.329 e. The highest BCUT2D eigenvalue weighted by Crippen LogP contribution is 2.35. The van der Waals surface area contributed by atoms with Crippen LogP contribution in [0.4, 0.5) is 0 Å². The molecule has 1 amide bonds. The lowest BCUT2D eigenvalue weighted by Crippen LogP contribution is -2.43. The third-order valence-corrected chi connectivity index (χ3v) is 3.48. The van der Waals surface area contributed by atoms with Crippen molar-refractivity contribution in [2.45, 2.75) is 37.6 Å². The normalized spacial score (nSPS) is 26.4. The monoisotopic (exact) mass is 226 g/mol. The number of carbonyl (C=O) groups excluding carboxylic acids is 1. The number of carboxylic acids is 1. The Morgan fingerprint density at radius 3 is 2.69 bits per heavy atom. The fourth-order valence-electron chi connectivity index (χ4n) is 2.14. The minimum absolute atomic E-state index is 0.119. The topological polar surface area (TPSA) is 78.4 Å². The molecule has 1 aliphatic carbocycles. The minimum Gasteiger partial charge on any atom is -0.480 e. The van der Waals surface area contributed by atoms with E-state index >= 15 is 0 Å². The summed E-state index contributed by atoms with van der Waals surface area (Å²) in [5.74, 6) is -0.444. The number of nitrogens with one attached hydrogen (secondary N) is 2.